The minimum Gasteiger partial charge on any atom is -0.468 e. The lowest BCUT2D eigenvalue weighted by Gasteiger charge is -2.25. The molecule has 0 aliphatic heterocycles. The molecule has 0 aromatic rings. The number of carbonyl (C=O) groups excluding carboxylic acids is 1. The molecule has 17 heavy (non-hydrogen) atoms. The Morgan fingerprint density at radius 3 is 2.76 bits per heavy atom. The molecule has 2 aliphatic carbocycles. The van der Waals surface area contributed by atoms with Gasteiger partial charge in [0.1, 0.15) is 5.54 Å². The number of ether oxygens (including phenoxy) is 2. The van der Waals surface area contributed by atoms with Gasteiger partial charge in [-0.25, -0.2) is 0 Å². The van der Waals surface area contributed by atoms with Crippen LogP contribution in [0, 0.1) is 5.92 Å². The first-order valence-corrected chi connectivity index (χ1v) is 6.59. The van der Waals surface area contributed by atoms with Gasteiger partial charge in [0.05, 0.1) is 13.2 Å². The van der Waals surface area contributed by atoms with Crippen molar-refractivity contribution in [2.24, 2.45) is 5.92 Å². The average molecular weight is 241 g/mol. The third-order valence-electron chi connectivity index (χ3n) is 4.10. The van der Waals surface area contributed by atoms with E-state index in [1.807, 2.05) is 7.05 Å². The number of carbonyl (C=O) groups is 1. The highest BCUT2D eigenvalue weighted by Gasteiger charge is 2.45. The van der Waals surface area contributed by atoms with Crippen molar-refractivity contribution >= 4 is 5.97 Å². The minimum atomic E-state index is -0.515. The standard InChI is InChI=1S/C13H23NO3/c1-14-13(12(15)16-2)7-5-11(9-13)17-8-6-10-3-4-10/h10-11,14H,3-9H2,1-2H3. The molecular formula is C13H23NO3. The summed E-state index contributed by atoms with van der Waals surface area (Å²) in [5.41, 5.74) is -0.515. The summed E-state index contributed by atoms with van der Waals surface area (Å²) in [6, 6.07) is 0. The monoisotopic (exact) mass is 241 g/mol. The lowest BCUT2D eigenvalue weighted by atomic mass is 9.98. The number of rotatable bonds is 6. The van der Waals surface area contributed by atoms with Crippen molar-refractivity contribution in [2.45, 2.75) is 50.2 Å². The number of hydrogen-bond donors (Lipinski definition) is 1. The second-order valence-corrected chi connectivity index (χ2v) is 5.29. The molecule has 0 amide bonds. The maximum Gasteiger partial charge on any atom is 0.326 e. The average Bonchev–Trinajstić information content (AvgIpc) is 3.07. The zero-order valence-electron chi connectivity index (χ0n) is 10.8. The molecule has 0 saturated heterocycles. The topological polar surface area (TPSA) is 47.6 Å². The van der Waals surface area contributed by atoms with Crippen LogP contribution in [0.5, 0.6) is 0 Å². The van der Waals surface area contributed by atoms with E-state index in [0.29, 0.717) is 0 Å². The summed E-state index contributed by atoms with van der Waals surface area (Å²) in [5, 5.41) is 3.12. The van der Waals surface area contributed by atoms with E-state index in [4.69, 9.17) is 9.47 Å². The Morgan fingerprint density at radius 1 is 1.41 bits per heavy atom. The van der Waals surface area contributed by atoms with Crippen LogP contribution in [0.2, 0.25) is 0 Å². The Labute approximate surface area is 103 Å². The summed E-state index contributed by atoms with van der Waals surface area (Å²) < 4.78 is 10.7. The van der Waals surface area contributed by atoms with Gasteiger partial charge in [-0.2, -0.15) is 0 Å². The van der Waals surface area contributed by atoms with E-state index in [1.54, 1.807) is 0 Å². The van der Waals surface area contributed by atoms with Gasteiger partial charge < -0.3 is 14.8 Å². The number of esters is 1. The van der Waals surface area contributed by atoms with E-state index in [2.05, 4.69) is 5.32 Å². The summed E-state index contributed by atoms with van der Waals surface area (Å²) >= 11 is 0. The Hall–Kier alpha value is -0.610. The lowest BCUT2D eigenvalue weighted by molar-refractivity contribution is -0.148. The van der Waals surface area contributed by atoms with Crippen LogP contribution >= 0.6 is 0 Å². The Bertz CT molecular complexity index is 278. The van der Waals surface area contributed by atoms with E-state index in [1.165, 1.54) is 26.4 Å². The van der Waals surface area contributed by atoms with Crippen LogP contribution in [0.4, 0.5) is 0 Å². The summed E-state index contributed by atoms with van der Waals surface area (Å²) in [6.07, 6.45) is 6.63. The highest BCUT2D eigenvalue weighted by Crippen LogP contribution is 2.35. The number of likely N-dealkylation sites (N-methyl/N-ethyl adjacent to an activating group) is 1. The normalized spacial score (nSPS) is 32.7. The first-order chi connectivity index (χ1) is 8.20. The van der Waals surface area contributed by atoms with Gasteiger partial charge in [0.2, 0.25) is 0 Å². The summed E-state index contributed by atoms with van der Waals surface area (Å²) in [6.45, 7) is 0.844. The lowest BCUT2D eigenvalue weighted by Crippen LogP contribution is -2.49. The summed E-state index contributed by atoms with van der Waals surface area (Å²) in [5.74, 6) is 0.749. The van der Waals surface area contributed by atoms with Crippen molar-refractivity contribution < 1.29 is 14.3 Å². The quantitative estimate of drug-likeness (QED) is 0.716. The van der Waals surface area contributed by atoms with Crippen molar-refractivity contribution in [3.8, 4) is 0 Å². The van der Waals surface area contributed by atoms with Crippen molar-refractivity contribution in [1.82, 2.24) is 5.32 Å². The molecule has 2 unspecified atom stereocenters. The zero-order valence-corrected chi connectivity index (χ0v) is 10.8. The fraction of sp³-hybridized carbons (Fsp3) is 0.923. The molecular weight excluding hydrogens is 218 g/mol. The molecule has 2 atom stereocenters. The second-order valence-electron chi connectivity index (χ2n) is 5.29. The number of methoxy groups -OCH3 is 1. The van der Waals surface area contributed by atoms with Gasteiger partial charge >= 0.3 is 5.97 Å². The highest BCUT2D eigenvalue weighted by molar-refractivity contribution is 5.81. The van der Waals surface area contributed by atoms with Gasteiger partial charge in [-0.05, 0) is 32.2 Å². The summed E-state index contributed by atoms with van der Waals surface area (Å²) in [4.78, 5) is 11.8. The van der Waals surface area contributed by atoms with Crippen LogP contribution in [0.25, 0.3) is 0 Å². The van der Waals surface area contributed by atoms with E-state index in [-0.39, 0.29) is 12.1 Å². The Morgan fingerprint density at radius 2 is 2.18 bits per heavy atom. The number of nitrogens with one attached hydrogen (secondary N) is 1. The van der Waals surface area contributed by atoms with Gasteiger partial charge in [0.25, 0.3) is 0 Å². The van der Waals surface area contributed by atoms with E-state index in [9.17, 15) is 4.79 Å². The second kappa shape index (κ2) is 5.36. The van der Waals surface area contributed by atoms with Crippen LogP contribution in [0.3, 0.4) is 0 Å². The predicted molar refractivity (Wildman–Crippen MR) is 64.7 cm³/mol. The van der Waals surface area contributed by atoms with Crippen LogP contribution < -0.4 is 5.32 Å². The van der Waals surface area contributed by atoms with Crippen LogP contribution in [-0.4, -0.2) is 38.4 Å². The molecule has 0 radical (unpaired) electrons. The largest absolute Gasteiger partial charge is 0.468 e. The molecule has 0 bridgehead atoms. The molecule has 4 nitrogen and oxygen atoms in total. The van der Waals surface area contributed by atoms with Crippen LogP contribution in [0.1, 0.15) is 38.5 Å². The van der Waals surface area contributed by atoms with Crippen LogP contribution in [0.15, 0.2) is 0 Å². The zero-order chi connectivity index (χ0) is 12.3. The number of hydrogen-bond acceptors (Lipinski definition) is 4. The first-order valence-electron chi connectivity index (χ1n) is 6.59. The van der Waals surface area contributed by atoms with Crippen molar-refractivity contribution in [3.05, 3.63) is 0 Å². The van der Waals surface area contributed by atoms with Gasteiger partial charge in [-0.15, -0.1) is 0 Å². The molecule has 0 aromatic carbocycles. The smallest absolute Gasteiger partial charge is 0.326 e. The molecule has 0 spiro atoms. The maximum absolute atomic E-state index is 11.8. The molecule has 98 valence electrons. The molecule has 1 N–H and O–H groups in total. The Balaban J connectivity index is 1.77. The molecule has 2 fully saturated rings. The van der Waals surface area contributed by atoms with E-state index in [0.717, 1.165) is 31.8 Å². The molecule has 0 heterocycles. The van der Waals surface area contributed by atoms with Crippen LogP contribution in [-0.2, 0) is 14.3 Å². The van der Waals surface area contributed by atoms with Crippen molar-refractivity contribution in [1.29, 1.82) is 0 Å². The third kappa shape index (κ3) is 2.99. The van der Waals surface area contributed by atoms with Crippen molar-refractivity contribution in [3.63, 3.8) is 0 Å². The van der Waals surface area contributed by atoms with Gasteiger partial charge in [0.15, 0.2) is 0 Å². The van der Waals surface area contributed by atoms with Gasteiger partial charge in [-0.3, -0.25) is 4.79 Å². The first kappa shape index (κ1) is 12.8. The fourth-order valence-electron chi connectivity index (χ4n) is 2.66. The maximum atomic E-state index is 11.8. The summed E-state index contributed by atoms with van der Waals surface area (Å²) in [7, 11) is 3.27. The molecule has 4 heteroatoms. The molecule has 2 aliphatic rings. The van der Waals surface area contributed by atoms with Gasteiger partial charge in [-0.1, -0.05) is 12.8 Å². The SMILES string of the molecule is CNC1(C(=O)OC)CCC(OCCC2CC2)C1. The van der Waals surface area contributed by atoms with E-state index >= 15 is 0 Å². The predicted octanol–water partition coefficient (Wildman–Crippen LogP) is 1.49. The Kier molecular flexibility index (Phi) is 4.05. The highest BCUT2D eigenvalue weighted by atomic mass is 16.5. The fourth-order valence-corrected chi connectivity index (χ4v) is 2.66. The molecule has 0 aromatic heterocycles. The molecule has 2 saturated carbocycles. The van der Waals surface area contributed by atoms with Crippen molar-refractivity contribution in [2.75, 3.05) is 20.8 Å². The van der Waals surface area contributed by atoms with E-state index < -0.39 is 5.54 Å². The molecule has 2 rings (SSSR count). The third-order valence-corrected chi connectivity index (χ3v) is 4.10. The minimum absolute atomic E-state index is 0.159. The van der Waals surface area contributed by atoms with Gasteiger partial charge in [0, 0.05) is 13.0 Å².